The molecule has 7 heteroatoms. The number of halogens is 1. The molecular weight excluding hydrogens is 358 g/mol. The Kier molecular flexibility index (Phi) is 3.57. The van der Waals surface area contributed by atoms with Crippen LogP contribution in [0.5, 0.6) is 0 Å². The van der Waals surface area contributed by atoms with Crippen molar-refractivity contribution in [1.82, 2.24) is 9.97 Å². The Balaban J connectivity index is 2.25. The van der Waals surface area contributed by atoms with Crippen LogP contribution in [0, 0.1) is 0 Å². The van der Waals surface area contributed by atoms with E-state index in [0.29, 0.717) is 16.5 Å². The second-order valence-corrected chi connectivity index (χ2v) is 7.02. The minimum Gasteiger partial charge on any atom is -0.347 e. The lowest BCUT2D eigenvalue weighted by Crippen LogP contribution is -2.15. The molecule has 0 unspecified atom stereocenters. The van der Waals surface area contributed by atoms with Gasteiger partial charge in [-0.25, -0.2) is 9.97 Å². The largest absolute Gasteiger partial charge is 0.347 e. The Morgan fingerprint density at radius 3 is 2.75 bits per heavy atom. The van der Waals surface area contributed by atoms with Crippen LogP contribution in [0.3, 0.4) is 0 Å². The highest BCUT2D eigenvalue weighted by Crippen LogP contribution is 2.33. The van der Waals surface area contributed by atoms with Gasteiger partial charge in [0, 0.05) is 19.5 Å². The average Bonchev–Trinajstić information content (AvgIpc) is 3.07. The summed E-state index contributed by atoms with van der Waals surface area (Å²) in [5, 5.41) is 3.83. The Labute approximate surface area is 132 Å². The Morgan fingerprint density at radius 2 is 2.10 bits per heavy atom. The fraction of sp³-hybridized carbons (Fsp3) is 0.154. The Bertz CT molecular complexity index is 780. The van der Waals surface area contributed by atoms with E-state index in [9.17, 15) is 4.79 Å². The van der Waals surface area contributed by atoms with Crippen LogP contribution in [0.2, 0.25) is 0 Å². The third-order valence-corrected chi connectivity index (χ3v) is 5.47. The SMILES string of the molecule is CN(C)c1nc(C(=O)c2cccs2)c2scc(Br)c2n1. The van der Waals surface area contributed by atoms with E-state index in [0.717, 1.165) is 14.7 Å². The van der Waals surface area contributed by atoms with E-state index in [-0.39, 0.29) is 5.78 Å². The predicted molar refractivity (Wildman–Crippen MR) is 87.2 cm³/mol. The molecule has 3 aromatic rings. The molecule has 0 aliphatic carbocycles. The van der Waals surface area contributed by atoms with Gasteiger partial charge in [0.25, 0.3) is 0 Å². The van der Waals surface area contributed by atoms with Crippen molar-refractivity contribution in [3.05, 3.63) is 37.9 Å². The van der Waals surface area contributed by atoms with Gasteiger partial charge in [0.05, 0.1) is 14.0 Å². The number of fused-ring (bicyclic) bond motifs is 1. The molecular formula is C13H10BrN3OS2. The summed E-state index contributed by atoms with van der Waals surface area (Å²) in [7, 11) is 3.72. The fourth-order valence-corrected chi connectivity index (χ4v) is 3.97. The van der Waals surface area contributed by atoms with Crippen LogP contribution in [0.1, 0.15) is 15.4 Å². The number of hydrogen-bond acceptors (Lipinski definition) is 6. The zero-order valence-electron chi connectivity index (χ0n) is 10.8. The lowest BCUT2D eigenvalue weighted by molar-refractivity contribution is 0.103. The summed E-state index contributed by atoms with van der Waals surface area (Å²) in [6.45, 7) is 0. The van der Waals surface area contributed by atoms with E-state index in [4.69, 9.17) is 0 Å². The van der Waals surface area contributed by atoms with E-state index in [1.54, 1.807) is 4.90 Å². The summed E-state index contributed by atoms with van der Waals surface area (Å²) in [6.07, 6.45) is 0. The minimum atomic E-state index is -0.0511. The lowest BCUT2D eigenvalue weighted by Gasteiger charge is -2.11. The standard InChI is InChI=1S/C13H10BrN3OS2/c1-17(2)13-15-9-7(14)6-20-12(9)10(16-13)11(18)8-4-3-5-19-8/h3-6H,1-2H3. The number of rotatable bonds is 3. The second-order valence-electron chi connectivity index (χ2n) is 4.33. The molecule has 0 aliphatic rings. The zero-order chi connectivity index (χ0) is 14.3. The molecule has 0 amide bonds. The molecule has 0 fully saturated rings. The first-order chi connectivity index (χ1) is 9.58. The van der Waals surface area contributed by atoms with Gasteiger partial charge in [-0.05, 0) is 27.4 Å². The van der Waals surface area contributed by atoms with Crippen LogP contribution < -0.4 is 4.90 Å². The zero-order valence-corrected chi connectivity index (χ0v) is 14.0. The van der Waals surface area contributed by atoms with Crippen molar-refractivity contribution in [3.63, 3.8) is 0 Å². The van der Waals surface area contributed by atoms with Gasteiger partial charge >= 0.3 is 0 Å². The molecule has 0 N–H and O–H groups in total. The van der Waals surface area contributed by atoms with Crippen LogP contribution >= 0.6 is 38.6 Å². The summed E-state index contributed by atoms with van der Waals surface area (Å²) >= 11 is 6.38. The third kappa shape index (κ3) is 2.25. The van der Waals surface area contributed by atoms with E-state index >= 15 is 0 Å². The van der Waals surface area contributed by atoms with Gasteiger partial charge in [0.15, 0.2) is 0 Å². The molecule has 0 radical (unpaired) electrons. The first kappa shape index (κ1) is 13.7. The Morgan fingerprint density at radius 1 is 1.30 bits per heavy atom. The molecule has 0 atom stereocenters. The number of ketones is 1. The van der Waals surface area contributed by atoms with Crippen molar-refractivity contribution >= 4 is 60.6 Å². The molecule has 20 heavy (non-hydrogen) atoms. The van der Waals surface area contributed by atoms with Gasteiger partial charge < -0.3 is 4.90 Å². The van der Waals surface area contributed by atoms with Crippen LogP contribution in [0.4, 0.5) is 5.95 Å². The average molecular weight is 368 g/mol. The molecule has 3 rings (SSSR count). The van der Waals surface area contributed by atoms with Crippen molar-refractivity contribution in [2.75, 3.05) is 19.0 Å². The minimum absolute atomic E-state index is 0.0511. The van der Waals surface area contributed by atoms with Crippen LogP contribution in [0.25, 0.3) is 10.2 Å². The smallest absolute Gasteiger partial charge is 0.226 e. The van der Waals surface area contributed by atoms with E-state index in [2.05, 4.69) is 25.9 Å². The molecule has 102 valence electrons. The van der Waals surface area contributed by atoms with Gasteiger partial charge in [0.1, 0.15) is 11.2 Å². The topological polar surface area (TPSA) is 46.1 Å². The summed E-state index contributed by atoms with van der Waals surface area (Å²) in [5.41, 5.74) is 1.26. The molecule has 3 heterocycles. The number of thiophene rings is 2. The molecule has 0 bridgehead atoms. The predicted octanol–water partition coefficient (Wildman–Crippen LogP) is 3.81. The van der Waals surface area contributed by atoms with Crippen LogP contribution in [-0.4, -0.2) is 29.8 Å². The molecule has 0 spiro atoms. The van der Waals surface area contributed by atoms with E-state index in [1.807, 2.05) is 37.0 Å². The molecule has 0 aromatic carbocycles. The first-order valence-electron chi connectivity index (χ1n) is 5.78. The monoisotopic (exact) mass is 367 g/mol. The maximum Gasteiger partial charge on any atom is 0.226 e. The van der Waals surface area contributed by atoms with Crippen molar-refractivity contribution in [3.8, 4) is 0 Å². The number of nitrogens with zero attached hydrogens (tertiary/aromatic N) is 3. The summed E-state index contributed by atoms with van der Waals surface area (Å²) < 4.78 is 1.71. The van der Waals surface area contributed by atoms with Crippen molar-refractivity contribution in [2.45, 2.75) is 0 Å². The van der Waals surface area contributed by atoms with Gasteiger partial charge in [-0.1, -0.05) is 6.07 Å². The summed E-state index contributed by atoms with van der Waals surface area (Å²) in [4.78, 5) is 24.0. The van der Waals surface area contributed by atoms with Gasteiger partial charge in [0.2, 0.25) is 11.7 Å². The van der Waals surface area contributed by atoms with Crippen LogP contribution in [0.15, 0.2) is 27.4 Å². The first-order valence-corrected chi connectivity index (χ1v) is 8.33. The van der Waals surface area contributed by atoms with Crippen molar-refractivity contribution in [1.29, 1.82) is 0 Å². The van der Waals surface area contributed by atoms with Crippen molar-refractivity contribution < 1.29 is 4.79 Å². The van der Waals surface area contributed by atoms with Crippen LogP contribution in [-0.2, 0) is 0 Å². The third-order valence-electron chi connectivity index (χ3n) is 2.72. The molecule has 0 aliphatic heterocycles. The Hall–Kier alpha value is -1.31. The van der Waals surface area contributed by atoms with Gasteiger partial charge in [-0.2, -0.15) is 0 Å². The number of aromatic nitrogens is 2. The number of hydrogen-bond donors (Lipinski definition) is 0. The van der Waals surface area contributed by atoms with Gasteiger partial charge in [-0.15, -0.1) is 22.7 Å². The summed E-state index contributed by atoms with van der Waals surface area (Å²) in [6, 6.07) is 3.69. The van der Waals surface area contributed by atoms with E-state index < -0.39 is 0 Å². The highest BCUT2D eigenvalue weighted by Gasteiger charge is 2.20. The number of anilines is 1. The normalized spacial score (nSPS) is 10.9. The number of carbonyl (C=O) groups is 1. The van der Waals surface area contributed by atoms with Crippen molar-refractivity contribution in [2.24, 2.45) is 0 Å². The molecule has 0 saturated heterocycles. The molecule has 0 saturated carbocycles. The fourth-order valence-electron chi connectivity index (χ4n) is 1.76. The second kappa shape index (κ2) is 5.23. The highest BCUT2D eigenvalue weighted by atomic mass is 79.9. The molecule has 3 aromatic heterocycles. The quantitative estimate of drug-likeness (QED) is 0.660. The highest BCUT2D eigenvalue weighted by molar-refractivity contribution is 9.10. The lowest BCUT2D eigenvalue weighted by atomic mass is 10.2. The maximum absolute atomic E-state index is 12.6. The number of carbonyl (C=O) groups excluding carboxylic acids is 1. The van der Waals surface area contributed by atoms with E-state index in [1.165, 1.54) is 22.7 Å². The summed E-state index contributed by atoms with van der Waals surface area (Å²) in [5.74, 6) is 0.487. The maximum atomic E-state index is 12.6. The van der Waals surface area contributed by atoms with Gasteiger partial charge in [-0.3, -0.25) is 4.79 Å². The molecule has 4 nitrogen and oxygen atoms in total.